The first kappa shape index (κ1) is 19.1. The standard InChI is InChI=1S/C20H21NO5S/c1-14-2-8-18(9-3-14)27(25,26)13-15-4-6-16(7-5-15)19(22)21-11-10-17(12-21)20(23)24/h2-9,17H,10-13H2,1H3,(H,23,24)/t17-/m1/s1. The number of carboxylic acid groups (broad SMARTS) is 1. The minimum atomic E-state index is -3.46. The highest BCUT2D eigenvalue weighted by atomic mass is 32.2. The summed E-state index contributed by atoms with van der Waals surface area (Å²) in [6, 6.07) is 13.1. The van der Waals surface area contributed by atoms with E-state index in [1.54, 1.807) is 48.5 Å². The molecular weight excluding hydrogens is 366 g/mol. The van der Waals surface area contributed by atoms with Crippen molar-refractivity contribution >= 4 is 21.7 Å². The van der Waals surface area contributed by atoms with Gasteiger partial charge in [-0.05, 0) is 43.2 Å². The minimum Gasteiger partial charge on any atom is -0.481 e. The molecule has 3 rings (SSSR count). The lowest BCUT2D eigenvalue weighted by molar-refractivity contribution is -0.141. The van der Waals surface area contributed by atoms with Crippen LogP contribution < -0.4 is 0 Å². The summed E-state index contributed by atoms with van der Waals surface area (Å²) in [6.45, 7) is 2.52. The number of benzene rings is 2. The lowest BCUT2D eigenvalue weighted by Gasteiger charge is -2.16. The first-order valence-corrected chi connectivity index (χ1v) is 10.3. The topological polar surface area (TPSA) is 91.8 Å². The van der Waals surface area contributed by atoms with Crippen molar-refractivity contribution in [2.24, 2.45) is 5.92 Å². The number of sulfone groups is 1. The molecule has 27 heavy (non-hydrogen) atoms. The highest BCUT2D eigenvalue weighted by Crippen LogP contribution is 2.21. The van der Waals surface area contributed by atoms with Crippen molar-refractivity contribution in [2.45, 2.75) is 24.0 Å². The van der Waals surface area contributed by atoms with Gasteiger partial charge in [0.1, 0.15) is 0 Å². The van der Waals surface area contributed by atoms with Gasteiger partial charge in [-0.2, -0.15) is 0 Å². The Hall–Kier alpha value is -2.67. The Labute approximate surface area is 158 Å². The van der Waals surface area contributed by atoms with Crippen molar-refractivity contribution in [3.63, 3.8) is 0 Å². The molecular formula is C20H21NO5S. The summed E-state index contributed by atoms with van der Waals surface area (Å²) >= 11 is 0. The fourth-order valence-corrected chi connectivity index (χ4v) is 4.47. The number of hydrogen-bond donors (Lipinski definition) is 1. The Morgan fingerprint density at radius 1 is 1.07 bits per heavy atom. The Kier molecular flexibility index (Phi) is 5.32. The molecule has 0 spiro atoms. The lowest BCUT2D eigenvalue weighted by Crippen LogP contribution is -2.29. The number of hydrogen-bond acceptors (Lipinski definition) is 4. The van der Waals surface area contributed by atoms with Gasteiger partial charge in [0.2, 0.25) is 0 Å². The molecule has 1 N–H and O–H groups in total. The Morgan fingerprint density at radius 3 is 2.26 bits per heavy atom. The Bertz CT molecular complexity index is 949. The molecule has 0 bridgehead atoms. The number of carbonyl (C=O) groups is 2. The molecule has 0 unspecified atom stereocenters. The zero-order valence-corrected chi connectivity index (χ0v) is 15.8. The predicted molar refractivity (Wildman–Crippen MR) is 100 cm³/mol. The predicted octanol–water partition coefficient (Wildman–Crippen LogP) is 2.52. The molecule has 1 aliphatic heterocycles. The molecule has 1 atom stereocenters. The van der Waals surface area contributed by atoms with Crippen LogP contribution in [0, 0.1) is 12.8 Å². The summed E-state index contributed by atoms with van der Waals surface area (Å²) in [4.78, 5) is 25.3. The van der Waals surface area contributed by atoms with Crippen LogP contribution in [0.25, 0.3) is 0 Å². The molecule has 7 heteroatoms. The van der Waals surface area contributed by atoms with Crippen molar-refractivity contribution in [1.82, 2.24) is 4.90 Å². The third-order valence-electron chi connectivity index (χ3n) is 4.76. The molecule has 1 aliphatic rings. The van der Waals surface area contributed by atoms with E-state index in [2.05, 4.69) is 0 Å². The average molecular weight is 387 g/mol. The summed E-state index contributed by atoms with van der Waals surface area (Å²) in [5.74, 6) is -1.78. The third-order valence-corrected chi connectivity index (χ3v) is 6.47. The van der Waals surface area contributed by atoms with Crippen molar-refractivity contribution in [2.75, 3.05) is 13.1 Å². The molecule has 2 aromatic rings. The monoisotopic (exact) mass is 387 g/mol. The first-order valence-electron chi connectivity index (χ1n) is 8.67. The van der Waals surface area contributed by atoms with Gasteiger partial charge >= 0.3 is 5.97 Å². The van der Waals surface area contributed by atoms with Crippen LogP contribution in [0.4, 0.5) is 0 Å². The number of carboxylic acids is 1. The zero-order chi connectivity index (χ0) is 19.6. The smallest absolute Gasteiger partial charge is 0.308 e. The molecule has 142 valence electrons. The summed E-state index contributed by atoms with van der Waals surface area (Å²) in [6.07, 6.45) is 0.452. The van der Waals surface area contributed by atoms with E-state index in [9.17, 15) is 18.0 Å². The average Bonchev–Trinajstić information content (AvgIpc) is 3.12. The Morgan fingerprint density at radius 2 is 1.70 bits per heavy atom. The van der Waals surface area contributed by atoms with E-state index in [1.165, 1.54) is 4.90 Å². The summed E-state index contributed by atoms with van der Waals surface area (Å²) in [7, 11) is -3.46. The maximum atomic E-state index is 12.5. The number of nitrogens with zero attached hydrogens (tertiary/aromatic N) is 1. The summed E-state index contributed by atoms with van der Waals surface area (Å²) in [5, 5.41) is 9.04. The fourth-order valence-electron chi connectivity index (χ4n) is 3.12. The van der Waals surface area contributed by atoms with E-state index in [-0.39, 0.29) is 23.1 Å². The number of aliphatic carboxylic acids is 1. The van der Waals surface area contributed by atoms with Crippen molar-refractivity contribution in [3.8, 4) is 0 Å². The largest absolute Gasteiger partial charge is 0.481 e. The van der Waals surface area contributed by atoms with Gasteiger partial charge in [0, 0.05) is 18.7 Å². The number of aryl methyl sites for hydroxylation is 1. The van der Waals surface area contributed by atoms with Gasteiger partial charge < -0.3 is 10.0 Å². The molecule has 0 radical (unpaired) electrons. The number of rotatable bonds is 5. The molecule has 0 saturated carbocycles. The molecule has 1 amide bonds. The molecule has 1 heterocycles. The van der Waals surface area contributed by atoms with E-state index in [4.69, 9.17) is 5.11 Å². The SMILES string of the molecule is Cc1ccc(S(=O)(=O)Cc2ccc(C(=O)N3CC[C@@H](C(=O)O)C3)cc2)cc1. The van der Waals surface area contributed by atoms with Crippen molar-refractivity contribution < 1.29 is 23.1 Å². The highest BCUT2D eigenvalue weighted by Gasteiger charge is 2.31. The highest BCUT2D eigenvalue weighted by molar-refractivity contribution is 7.90. The minimum absolute atomic E-state index is 0.144. The van der Waals surface area contributed by atoms with Gasteiger partial charge in [-0.25, -0.2) is 8.42 Å². The zero-order valence-electron chi connectivity index (χ0n) is 15.0. The Balaban J connectivity index is 1.69. The number of amides is 1. The van der Waals surface area contributed by atoms with E-state index in [0.717, 1.165) is 5.56 Å². The normalized spacial score (nSPS) is 17.1. The van der Waals surface area contributed by atoms with E-state index >= 15 is 0 Å². The quantitative estimate of drug-likeness (QED) is 0.851. The van der Waals surface area contributed by atoms with E-state index < -0.39 is 21.7 Å². The van der Waals surface area contributed by atoms with Gasteiger partial charge in [0.25, 0.3) is 5.91 Å². The summed E-state index contributed by atoms with van der Waals surface area (Å²) in [5.41, 5.74) is 2.01. The van der Waals surface area contributed by atoms with Crippen molar-refractivity contribution in [1.29, 1.82) is 0 Å². The lowest BCUT2D eigenvalue weighted by atomic mass is 10.1. The van der Waals surface area contributed by atoms with Crippen LogP contribution in [0.3, 0.4) is 0 Å². The van der Waals surface area contributed by atoms with Crippen LogP contribution in [0.1, 0.15) is 27.9 Å². The van der Waals surface area contributed by atoms with Gasteiger partial charge in [0.05, 0.1) is 16.6 Å². The second-order valence-electron chi connectivity index (χ2n) is 6.84. The van der Waals surface area contributed by atoms with E-state index in [1.807, 2.05) is 6.92 Å². The number of likely N-dealkylation sites (tertiary alicyclic amines) is 1. The maximum absolute atomic E-state index is 12.5. The molecule has 0 aliphatic carbocycles. The second-order valence-corrected chi connectivity index (χ2v) is 8.83. The molecule has 1 saturated heterocycles. The molecule has 6 nitrogen and oxygen atoms in total. The van der Waals surface area contributed by atoms with E-state index in [0.29, 0.717) is 24.1 Å². The van der Waals surface area contributed by atoms with Crippen molar-refractivity contribution in [3.05, 3.63) is 65.2 Å². The van der Waals surface area contributed by atoms with Gasteiger partial charge in [-0.15, -0.1) is 0 Å². The first-order chi connectivity index (χ1) is 12.8. The molecule has 1 fully saturated rings. The maximum Gasteiger partial charge on any atom is 0.308 e. The van der Waals surface area contributed by atoms with Gasteiger partial charge in [-0.1, -0.05) is 29.8 Å². The van der Waals surface area contributed by atoms with Gasteiger partial charge in [-0.3, -0.25) is 9.59 Å². The second kappa shape index (κ2) is 7.52. The van der Waals surface area contributed by atoms with Gasteiger partial charge in [0.15, 0.2) is 9.84 Å². The molecule has 2 aromatic carbocycles. The van der Waals surface area contributed by atoms with Crippen LogP contribution in [-0.4, -0.2) is 43.4 Å². The molecule has 0 aromatic heterocycles. The number of carbonyl (C=O) groups excluding carboxylic acids is 1. The van der Waals surface area contributed by atoms with Crippen LogP contribution in [0.15, 0.2) is 53.4 Å². The summed E-state index contributed by atoms with van der Waals surface area (Å²) < 4.78 is 25.0. The van der Waals surface area contributed by atoms with Crippen LogP contribution >= 0.6 is 0 Å². The van der Waals surface area contributed by atoms with Crippen LogP contribution in [0.2, 0.25) is 0 Å². The van der Waals surface area contributed by atoms with Crippen LogP contribution in [-0.2, 0) is 20.4 Å². The fraction of sp³-hybridized carbons (Fsp3) is 0.300. The van der Waals surface area contributed by atoms with Crippen LogP contribution in [0.5, 0.6) is 0 Å². The third kappa shape index (κ3) is 4.36.